The van der Waals surface area contributed by atoms with E-state index in [0.29, 0.717) is 25.1 Å². The van der Waals surface area contributed by atoms with Gasteiger partial charge in [-0.1, -0.05) is 19.1 Å². The smallest absolute Gasteiger partial charge is 0.356 e. The number of carbonyl (C=O) groups is 2. The lowest BCUT2D eigenvalue weighted by molar-refractivity contribution is -0.138. The Balaban J connectivity index is 2.15. The highest BCUT2D eigenvalue weighted by molar-refractivity contribution is 5.97. The van der Waals surface area contributed by atoms with Gasteiger partial charge in [-0.25, -0.2) is 0 Å². The average molecular weight is 342 g/mol. The van der Waals surface area contributed by atoms with Gasteiger partial charge in [-0.15, -0.1) is 0 Å². The molecule has 1 N–H and O–H groups in total. The molecule has 4 nitrogen and oxygen atoms in total. The molecular formula is C17H21F3N2O2. The van der Waals surface area contributed by atoms with Crippen molar-refractivity contribution in [1.82, 2.24) is 10.2 Å². The van der Waals surface area contributed by atoms with Crippen LogP contribution in [0.25, 0.3) is 0 Å². The monoisotopic (exact) mass is 342 g/mol. The van der Waals surface area contributed by atoms with Crippen LogP contribution in [0.2, 0.25) is 0 Å². The van der Waals surface area contributed by atoms with E-state index >= 15 is 0 Å². The molecule has 132 valence electrons. The van der Waals surface area contributed by atoms with E-state index in [-0.39, 0.29) is 30.2 Å². The zero-order valence-corrected chi connectivity index (χ0v) is 13.7. The van der Waals surface area contributed by atoms with Gasteiger partial charge in [-0.3, -0.25) is 9.59 Å². The highest BCUT2D eigenvalue weighted by Crippen LogP contribution is 2.37. The van der Waals surface area contributed by atoms with Crippen LogP contribution < -0.4 is 5.32 Å². The number of benzene rings is 1. The Morgan fingerprint density at radius 3 is 2.42 bits per heavy atom. The van der Waals surface area contributed by atoms with E-state index in [1.165, 1.54) is 12.1 Å². The summed E-state index contributed by atoms with van der Waals surface area (Å²) in [5.74, 6) is -0.404. The summed E-state index contributed by atoms with van der Waals surface area (Å²) in [5, 5.41) is 2.58. The molecule has 1 fully saturated rings. The fourth-order valence-corrected chi connectivity index (χ4v) is 3.03. The molecule has 2 amide bonds. The van der Waals surface area contributed by atoms with Crippen molar-refractivity contribution in [2.24, 2.45) is 5.92 Å². The highest BCUT2D eigenvalue weighted by Gasteiger charge is 2.35. The first kappa shape index (κ1) is 18.3. The molecule has 0 aromatic heterocycles. The molecular weight excluding hydrogens is 321 g/mol. The summed E-state index contributed by atoms with van der Waals surface area (Å²) in [5.41, 5.74) is -0.0471. The Bertz CT molecular complexity index is 599. The van der Waals surface area contributed by atoms with Gasteiger partial charge < -0.3 is 10.2 Å². The quantitative estimate of drug-likeness (QED) is 0.855. The number of alkyl halides is 3. The lowest BCUT2D eigenvalue weighted by Gasteiger charge is -2.25. The van der Waals surface area contributed by atoms with E-state index in [4.69, 9.17) is 0 Å². The van der Waals surface area contributed by atoms with E-state index in [9.17, 15) is 22.8 Å². The van der Waals surface area contributed by atoms with Crippen LogP contribution in [0.3, 0.4) is 0 Å². The molecule has 1 aliphatic heterocycles. The summed E-state index contributed by atoms with van der Waals surface area (Å²) in [4.78, 5) is 25.6. The van der Waals surface area contributed by atoms with Crippen molar-refractivity contribution in [2.45, 2.75) is 38.9 Å². The Labute approximate surface area is 139 Å². The van der Waals surface area contributed by atoms with E-state index in [0.717, 1.165) is 12.1 Å². The van der Waals surface area contributed by atoms with E-state index < -0.39 is 11.7 Å². The largest absolute Gasteiger partial charge is 0.416 e. The van der Waals surface area contributed by atoms with Crippen LogP contribution in [0, 0.1) is 5.92 Å². The van der Waals surface area contributed by atoms with Crippen molar-refractivity contribution < 1.29 is 22.8 Å². The predicted molar refractivity (Wildman–Crippen MR) is 83.0 cm³/mol. The summed E-state index contributed by atoms with van der Waals surface area (Å²) in [6.45, 7) is 4.70. The number of rotatable bonds is 4. The summed E-state index contributed by atoms with van der Waals surface area (Å²) in [7, 11) is 0. The standard InChI is InChI=1S/C17H21F3N2O2/c1-3-21-15(23)9-16(24)22-10-11(2)8-14(22)12-4-6-13(7-5-12)17(18,19)20/h4-7,11,14H,3,8-10H2,1-2H3,(H,21,23)/t11-,14-/m0/s1. The lowest BCUT2D eigenvalue weighted by Crippen LogP contribution is -2.35. The maximum atomic E-state index is 12.7. The van der Waals surface area contributed by atoms with E-state index in [1.54, 1.807) is 11.8 Å². The van der Waals surface area contributed by atoms with Gasteiger partial charge in [0.05, 0.1) is 11.6 Å². The number of amides is 2. The van der Waals surface area contributed by atoms with Crippen LogP contribution in [-0.2, 0) is 15.8 Å². The number of nitrogens with one attached hydrogen (secondary N) is 1. The molecule has 1 heterocycles. The van der Waals surface area contributed by atoms with Gasteiger partial charge in [0.25, 0.3) is 0 Å². The fraction of sp³-hybridized carbons (Fsp3) is 0.529. The van der Waals surface area contributed by atoms with Gasteiger partial charge >= 0.3 is 6.18 Å². The second-order valence-electron chi connectivity index (χ2n) is 6.15. The Morgan fingerprint density at radius 1 is 1.25 bits per heavy atom. The topological polar surface area (TPSA) is 49.4 Å². The number of hydrogen-bond donors (Lipinski definition) is 1. The van der Waals surface area contributed by atoms with E-state index in [1.807, 2.05) is 6.92 Å². The molecule has 7 heteroatoms. The van der Waals surface area contributed by atoms with Gasteiger partial charge in [0.2, 0.25) is 11.8 Å². The molecule has 0 radical (unpaired) electrons. The Hall–Kier alpha value is -2.05. The molecule has 0 spiro atoms. The third-order valence-electron chi connectivity index (χ3n) is 4.14. The predicted octanol–water partition coefficient (Wildman–Crippen LogP) is 3.14. The molecule has 1 aromatic rings. The molecule has 1 aromatic carbocycles. The normalized spacial score (nSPS) is 21.0. The number of hydrogen-bond acceptors (Lipinski definition) is 2. The van der Waals surface area contributed by atoms with Crippen molar-refractivity contribution in [3.05, 3.63) is 35.4 Å². The molecule has 2 rings (SSSR count). The first-order chi connectivity index (χ1) is 11.2. The number of likely N-dealkylation sites (tertiary alicyclic amines) is 1. The molecule has 0 unspecified atom stereocenters. The molecule has 24 heavy (non-hydrogen) atoms. The summed E-state index contributed by atoms with van der Waals surface area (Å²) >= 11 is 0. The molecule has 1 aliphatic rings. The Morgan fingerprint density at radius 2 is 1.88 bits per heavy atom. The average Bonchev–Trinajstić information content (AvgIpc) is 2.89. The second kappa shape index (κ2) is 7.23. The van der Waals surface area contributed by atoms with Gasteiger partial charge in [0.1, 0.15) is 6.42 Å². The van der Waals surface area contributed by atoms with Crippen LogP contribution in [0.1, 0.15) is 43.9 Å². The SMILES string of the molecule is CCNC(=O)CC(=O)N1C[C@@H](C)C[C@H]1c1ccc(C(F)(F)F)cc1. The van der Waals surface area contributed by atoms with Crippen LogP contribution in [-0.4, -0.2) is 29.8 Å². The van der Waals surface area contributed by atoms with Crippen molar-refractivity contribution in [3.63, 3.8) is 0 Å². The van der Waals surface area contributed by atoms with Gasteiger partial charge in [0.15, 0.2) is 0 Å². The lowest BCUT2D eigenvalue weighted by atomic mass is 9.99. The van der Waals surface area contributed by atoms with Crippen LogP contribution >= 0.6 is 0 Å². The number of halogens is 3. The second-order valence-corrected chi connectivity index (χ2v) is 6.15. The van der Waals surface area contributed by atoms with Gasteiger partial charge in [-0.2, -0.15) is 13.2 Å². The summed E-state index contributed by atoms with van der Waals surface area (Å²) < 4.78 is 38.0. The minimum absolute atomic E-state index is 0.232. The third kappa shape index (κ3) is 4.27. The van der Waals surface area contributed by atoms with Crippen molar-refractivity contribution in [2.75, 3.05) is 13.1 Å². The van der Waals surface area contributed by atoms with Gasteiger partial charge in [-0.05, 0) is 37.0 Å². The molecule has 1 saturated heterocycles. The van der Waals surface area contributed by atoms with Gasteiger partial charge in [0, 0.05) is 13.1 Å². The molecule has 0 bridgehead atoms. The zero-order chi connectivity index (χ0) is 17.9. The van der Waals surface area contributed by atoms with Crippen molar-refractivity contribution in [3.8, 4) is 0 Å². The minimum Gasteiger partial charge on any atom is -0.356 e. The maximum Gasteiger partial charge on any atom is 0.416 e. The number of carbonyl (C=O) groups excluding carboxylic acids is 2. The fourth-order valence-electron chi connectivity index (χ4n) is 3.03. The summed E-state index contributed by atoms with van der Waals surface area (Å²) in [6, 6.07) is 4.61. The van der Waals surface area contributed by atoms with E-state index in [2.05, 4.69) is 5.32 Å². The van der Waals surface area contributed by atoms with Crippen LogP contribution in [0.5, 0.6) is 0 Å². The van der Waals surface area contributed by atoms with Crippen LogP contribution in [0.15, 0.2) is 24.3 Å². The minimum atomic E-state index is -4.38. The molecule has 2 atom stereocenters. The first-order valence-corrected chi connectivity index (χ1v) is 7.95. The number of nitrogens with zero attached hydrogens (tertiary/aromatic N) is 1. The van der Waals surface area contributed by atoms with Crippen molar-refractivity contribution >= 4 is 11.8 Å². The highest BCUT2D eigenvalue weighted by atomic mass is 19.4. The first-order valence-electron chi connectivity index (χ1n) is 7.95. The molecule has 0 aliphatic carbocycles. The van der Waals surface area contributed by atoms with Crippen molar-refractivity contribution in [1.29, 1.82) is 0 Å². The van der Waals surface area contributed by atoms with Crippen LogP contribution in [0.4, 0.5) is 13.2 Å². The summed E-state index contributed by atoms with van der Waals surface area (Å²) in [6.07, 6.45) is -3.94. The maximum absolute atomic E-state index is 12.7. The third-order valence-corrected chi connectivity index (χ3v) is 4.14. The Kier molecular flexibility index (Phi) is 5.51. The zero-order valence-electron chi connectivity index (χ0n) is 13.7. The molecule has 0 saturated carbocycles.